The molecule has 0 aliphatic heterocycles. The molecule has 0 bridgehead atoms. The topological polar surface area (TPSA) is 71.1 Å². The molecule has 0 amide bonds. The van der Waals surface area contributed by atoms with Gasteiger partial charge in [0.05, 0.1) is 28.4 Å². The third-order valence-corrected chi connectivity index (χ3v) is 3.57. The summed E-state index contributed by atoms with van der Waals surface area (Å²) in [5, 5.41) is 0. The number of carbonyl (C=O) groups is 2. The Morgan fingerprint density at radius 2 is 1.33 bits per heavy atom. The summed E-state index contributed by atoms with van der Waals surface area (Å²) in [5.74, 6) is 1.35. The van der Waals surface area contributed by atoms with E-state index in [0.717, 1.165) is 0 Å². The number of hydrogen-bond acceptors (Lipinski definition) is 6. The minimum absolute atomic E-state index is 0.215. The van der Waals surface area contributed by atoms with Gasteiger partial charge in [-0.25, -0.2) is 0 Å². The van der Waals surface area contributed by atoms with Crippen LogP contribution in [0.5, 0.6) is 23.0 Å². The van der Waals surface area contributed by atoms with Gasteiger partial charge in [-0.2, -0.15) is 0 Å². The summed E-state index contributed by atoms with van der Waals surface area (Å²) in [4.78, 5) is 24.2. The van der Waals surface area contributed by atoms with Crippen molar-refractivity contribution in [3.8, 4) is 23.0 Å². The van der Waals surface area contributed by atoms with Gasteiger partial charge in [-0.1, -0.05) is 0 Å². The molecule has 0 aliphatic carbocycles. The number of hydrogen-bond donors (Lipinski definition) is 0. The predicted molar refractivity (Wildman–Crippen MR) is 87.9 cm³/mol. The van der Waals surface area contributed by atoms with E-state index in [2.05, 4.69) is 0 Å². The quantitative estimate of drug-likeness (QED) is 0.574. The van der Waals surface area contributed by atoms with E-state index in [-0.39, 0.29) is 16.9 Å². The lowest BCUT2D eigenvalue weighted by atomic mass is 9.98. The fourth-order valence-electron chi connectivity index (χ4n) is 2.32. The van der Waals surface area contributed by atoms with E-state index in [1.807, 2.05) is 0 Å². The van der Waals surface area contributed by atoms with Crippen molar-refractivity contribution in [3.63, 3.8) is 0 Å². The molecule has 0 aliphatic rings. The average Bonchev–Trinajstić information content (AvgIpc) is 2.65. The maximum atomic E-state index is 12.8. The molecule has 0 atom stereocenters. The first-order chi connectivity index (χ1) is 11.6. The highest BCUT2D eigenvalue weighted by atomic mass is 16.5. The first kappa shape index (κ1) is 17.3. The zero-order chi connectivity index (χ0) is 17.7. The first-order valence-electron chi connectivity index (χ1n) is 7.07. The van der Waals surface area contributed by atoms with E-state index in [0.29, 0.717) is 34.8 Å². The van der Waals surface area contributed by atoms with Crippen LogP contribution in [0.1, 0.15) is 26.3 Å². The van der Waals surface area contributed by atoms with E-state index in [4.69, 9.17) is 18.9 Å². The Kier molecular flexibility index (Phi) is 5.42. The molecule has 2 rings (SSSR count). The number of rotatable bonds is 7. The second kappa shape index (κ2) is 7.50. The van der Waals surface area contributed by atoms with Crippen molar-refractivity contribution < 1.29 is 28.5 Å². The lowest BCUT2D eigenvalue weighted by Crippen LogP contribution is -2.07. The summed E-state index contributed by atoms with van der Waals surface area (Å²) in [6, 6.07) is 7.76. The summed E-state index contributed by atoms with van der Waals surface area (Å²) >= 11 is 0. The van der Waals surface area contributed by atoms with Gasteiger partial charge in [0.2, 0.25) is 0 Å². The van der Waals surface area contributed by atoms with Crippen LogP contribution in [0.25, 0.3) is 0 Å². The third kappa shape index (κ3) is 3.17. The lowest BCUT2D eigenvalue weighted by molar-refractivity contribution is 0.102. The van der Waals surface area contributed by atoms with Crippen LogP contribution in [0.2, 0.25) is 0 Å². The second-order valence-electron chi connectivity index (χ2n) is 4.81. The van der Waals surface area contributed by atoms with Crippen molar-refractivity contribution in [2.75, 3.05) is 28.4 Å². The van der Waals surface area contributed by atoms with Gasteiger partial charge in [-0.3, -0.25) is 9.59 Å². The Morgan fingerprint density at radius 1 is 0.792 bits per heavy atom. The SMILES string of the molecule is COc1ccc(C(=O)c2cc(OC)c(OC)cc2C=O)cc1OC. The molecule has 0 fully saturated rings. The van der Waals surface area contributed by atoms with Gasteiger partial charge in [0.15, 0.2) is 35.1 Å². The summed E-state index contributed by atoms with van der Waals surface area (Å²) in [6.45, 7) is 0. The maximum absolute atomic E-state index is 12.8. The maximum Gasteiger partial charge on any atom is 0.194 e. The van der Waals surface area contributed by atoms with Crippen molar-refractivity contribution in [2.24, 2.45) is 0 Å². The molecule has 0 unspecified atom stereocenters. The summed E-state index contributed by atoms with van der Waals surface area (Å²) in [6.07, 6.45) is 0.607. The van der Waals surface area contributed by atoms with Gasteiger partial charge in [0, 0.05) is 16.7 Å². The highest BCUT2D eigenvalue weighted by molar-refractivity contribution is 6.13. The molecule has 0 saturated heterocycles. The molecule has 0 saturated carbocycles. The zero-order valence-electron chi connectivity index (χ0n) is 13.9. The first-order valence-corrected chi connectivity index (χ1v) is 7.07. The van der Waals surface area contributed by atoms with Crippen LogP contribution in [0.15, 0.2) is 30.3 Å². The normalized spacial score (nSPS) is 10.0. The Balaban J connectivity index is 2.55. The van der Waals surface area contributed by atoms with Crippen LogP contribution in [-0.2, 0) is 0 Å². The molecule has 0 spiro atoms. The largest absolute Gasteiger partial charge is 0.493 e. The van der Waals surface area contributed by atoms with Crippen molar-refractivity contribution in [1.29, 1.82) is 0 Å². The zero-order valence-corrected chi connectivity index (χ0v) is 13.9. The van der Waals surface area contributed by atoms with Crippen LogP contribution < -0.4 is 18.9 Å². The van der Waals surface area contributed by atoms with Crippen LogP contribution in [-0.4, -0.2) is 40.5 Å². The average molecular weight is 330 g/mol. The Labute approximate surface area is 139 Å². The van der Waals surface area contributed by atoms with E-state index >= 15 is 0 Å². The van der Waals surface area contributed by atoms with E-state index < -0.39 is 0 Å². The number of aldehydes is 1. The van der Waals surface area contributed by atoms with Crippen molar-refractivity contribution in [1.82, 2.24) is 0 Å². The molecule has 126 valence electrons. The molecular formula is C18H18O6. The predicted octanol–water partition coefficient (Wildman–Crippen LogP) is 2.76. The standard InChI is InChI=1S/C18H18O6/c1-21-14-6-5-11(7-15(14)22-2)18(20)13-9-17(24-4)16(23-3)8-12(13)10-19/h5-10H,1-4H3. The summed E-state index contributed by atoms with van der Waals surface area (Å²) in [7, 11) is 5.92. The minimum atomic E-state index is -0.334. The van der Waals surface area contributed by atoms with Crippen molar-refractivity contribution >= 4 is 12.1 Å². The molecular weight excluding hydrogens is 312 g/mol. The Hall–Kier alpha value is -3.02. The molecule has 0 N–H and O–H groups in total. The molecule has 6 heteroatoms. The number of benzene rings is 2. The van der Waals surface area contributed by atoms with Gasteiger partial charge >= 0.3 is 0 Å². The number of carbonyl (C=O) groups excluding carboxylic acids is 2. The van der Waals surface area contributed by atoms with Gasteiger partial charge in [0.25, 0.3) is 0 Å². The number of ether oxygens (including phenoxy) is 4. The third-order valence-electron chi connectivity index (χ3n) is 3.57. The van der Waals surface area contributed by atoms with Crippen LogP contribution in [0, 0.1) is 0 Å². The van der Waals surface area contributed by atoms with Gasteiger partial charge in [0.1, 0.15) is 0 Å². The second-order valence-corrected chi connectivity index (χ2v) is 4.81. The van der Waals surface area contributed by atoms with Crippen LogP contribution >= 0.6 is 0 Å². The van der Waals surface area contributed by atoms with E-state index in [1.165, 1.54) is 40.6 Å². The number of methoxy groups -OCH3 is 4. The molecule has 0 radical (unpaired) electrons. The molecule has 2 aromatic rings. The minimum Gasteiger partial charge on any atom is -0.493 e. The van der Waals surface area contributed by atoms with Gasteiger partial charge in [-0.05, 0) is 30.3 Å². The molecule has 24 heavy (non-hydrogen) atoms. The monoisotopic (exact) mass is 330 g/mol. The van der Waals surface area contributed by atoms with Crippen LogP contribution in [0.3, 0.4) is 0 Å². The fourth-order valence-corrected chi connectivity index (χ4v) is 2.32. The highest BCUT2D eigenvalue weighted by Gasteiger charge is 2.19. The Bertz CT molecular complexity index is 766. The molecule has 6 nitrogen and oxygen atoms in total. The van der Waals surface area contributed by atoms with E-state index in [1.54, 1.807) is 18.2 Å². The lowest BCUT2D eigenvalue weighted by Gasteiger charge is -2.13. The highest BCUT2D eigenvalue weighted by Crippen LogP contribution is 2.33. The smallest absolute Gasteiger partial charge is 0.194 e. The van der Waals surface area contributed by atoms with Gasteiger partial charge in [-0.15, -0.1) is 0 Å². The van der Waals surface area contributed by atoms with Crippen molar-refractivity contribution in [3.05, 3.63) is 47.0 Å². The molecule has 2 aromatic carbocycles. The van der Waals surface area contributed by atoms with Crippen LogP contribution in [0.4, 0.5) is 0 Å². The fraction of sp³-hybridized carbons (Fsp3) is 0.222. The summed E-state index contributed by atoms with van der Waals surface area (Å²) < 4.78 is 20.7. The molecule has 0 heterocycles. The van der Waals surface area contributed by atoms with E-state index in [9.17, 15) is 9.59 Å². The number of ketones is 1. The Morgan fingerprint density at radius 3 is 1.88 bits per heavy atom. The van der Waals surface area contributed by atoms with Gasteiger partial charge < -0.3 is 18.9 Å². The molecule has 0 aromatic heterocycles. The summed E-state index contributed by atoms with van der Waals surface area (Å²) in [5.41, 5.74) is 0.797. The van der Waals surface area contributed by atoms with Crippen molar-refractivity contribution in [2.45, 2.75) is 0 Å².